The minimum Gasteiger partial charge on any atom is -0.378 e. The molecule has 17 heavy (non-hydrogen) atoms. The van der Waals surface area contributed by atoms with E-state index >= 15 is 0 Å². The van der Waals surface area contributed by atoms with Gasteiger partial charge in [0, 0.05) is 37.8 Å². The number of anilines is 1. The lowest BCUT2D eigenvalue weighted by molar-refractivity contribution is 0.0699. The van der Waals surface area contributed by atoms with E-state index in [2.05, 4.69) is 33.6 Å². The number of hydrogen-bond acceptors (Lipinski definition) is 5. The molecular formula is C12H17N3OS. The Kier molecular flexibility index (Phi) is 2.96. The molecule has 2 aliphatic heterocycles. The second-order valence-electron chi connectivity index (χ2n) is 4.68. The highest BCUT2D eigenvalue weighted by Crippen LogP contribution is 2.46. The van der Waals surface area contributed by atoms with E-state index in [0.717, 1.165) is 31.4 Å². The van der Waals surface area contributed by atoms with Gasteiger partial charge in [-0.05, 0) is 19.4 Å². The van der Waals surface area contributed by atoms with Crippen LogP contribution in [0.2, 0.25) is 0 Å². The second kappa shape index (κ2) is 4.46. The first-order valence-electron chi connectivity index (χ1n) is 6.09. The first kappa shape index (κ1) is 11.3. The molecule has 0 bridgehead atoms. The van der Waals surface area contributed by atoms with Crippen molar-refractivity contribution in [2.45, 2.75) is 24.2 Å². The van der Waals surface area contributed by atoms with E-state index in [0.29, 0.717) is 10.9 Å². The molecule has 0 aromatic carbocycles. The van der Waals surface area contributed by atoms with Crippen LogP contribution in [0.4, 0.5) is 5.95 Å². The second-order valence-corrected chi connectivity index (χ2v) is 6.17. The minimum atomic E-state index is 0.402. The largest absolute Gasteiger partial charge is 0.378 e. The first-order chi connectivity index (χ1) is 8.31. The van der Waals surface area contributed by atoms with Crippen LogP contribution in [0.1, 0.15) is 13.3 Å². The lowest BCUT2D eigenvalue weighted by Gasteiger charge is -2.47. The molecule has 1 aromatic heterocycles. The molecule has 2 saturated heterocycles. The molecule has 5 heteroatoms. The number of rotatable bonds is 3. The maximum atomic E-state index is 5.70. The van der Waals surface area contributed by atoms with Gasteiger partial charge in [0.05, 0.1) is 10.9 Å². The van der Waals surface area contributed by atoms with Gasteiger partial charge in [-0.15, -0.1) is 11.8 Å². The predicted octanol–water partition coefficient (Wildman–Crippen LogP) is 1.58. The van der Waals surface area contributed by atoms with Crippen LogP contribution in [-0.4, -0.2) is 46.3 Å². The highest BCUT2D eigenvalue weighted by atomic mass is 32.2. The van der Waals surface area contributed by atoms with Crippen LogP contribution < -0.4 is 4.90 Å². The molecule has 1 aromatic rings. The monoisotopic (exact) mass is 251 g/mol. The van der Waals surface area contributed by atoms with Gasteiger partial charge in [-0.3, -0.25) is 0 Å². The average molecular weight is 251 g/mol. The van der Waals surface area contributed by atoms with Gasteiger partial charge in [0.2, 0.25) is 5.95 Å². The van der Waals surface area contributed by atoms with Crippen LogP contribution >= 0.6 is 11.8 Å². The van der Waals surface area contributed by atoms with E-state index in [9.17, 15) is 0 Å². The van der Waals surface area contributed by atoms with Crippen molar-refractivity contribution in [1.29, 1.82) is 0 Å². The van der Waals surface area contributed by atoms with Crippen LogP contribution in [0.15, 0.2) is 18.5 Å². The number of nitrogens with zero attached hydrogens (tertiary/aromatic N) is 3. The van der Waals surface area contributed by atoms with Crippen LogP contribution in [0.3, 0.4) is 0 Å². The van der Waals surface area contributed by atoms with Gasteiger partial charge in [-0.2, -0.15) is 0 Å². The molecule has 1 atom stereocenters. The molecule has 4 nitrogen and oxygen atoms in total. The van der Waals surface area contributed by atoms with Crippen LogP contribution in [0.5, 0.6) is 0 Å². The summed E-state index contributed by atoms with van der Waals surface area (Å²) in [5, 5.41) is 0. The summed E-state index contributed by atoms with van der Waals surface area (Å²) < 4.78 is 6.11. The van der Waals surface area contributed by atoms with Gasteiger partial charge in [0.1, 0.15) is 0 Å². The number of thioether (sulfide) groups is 1. The zero-order valence-electron chi connectivity index (χ0n) is 10.0. The van der Waals surface area contributed by atoms with Gasteiger partial charge in [0.25, 0.3) is 0 Å². The van der Waals surface area contributed by atoms with Crippen molar-refractivity contribution < 1.29 is 4.74 Å². The van der Waals surface area contributed by atoms with Crippen LogP contribution in [-0.2, 0) is 4.74 Å². The van der Waals surface area contributed by atoms with E-state index in [1.807, 2.05) is 6.07 Å². The summed E-state index contributed by atoms with van der Waals surface area (Å²) in [6.45, 7) is 5.02. The highest BCUT2D eigenvalue weighted by molar-refractivity contribution is 8.01. The van der Waals surface area contributed by atoms with Crippen molar-refractivity contribution in [2.75, 3.05) is 30.3 Å². The lowest BCUT2D eigenvalue weighted by atomic mass is 9.93. The van der Waals surface area contributed by atoms with E-state index in [-0.39, 0.29) is 0 Å². The first-order valence-corrected chi connectivity index (χ1v) is 7.07. The maximum absolute atomic E-state index is 5.70. The smallest absolute Gasteiger partial charge is 0.225 e. The molecule has 3 heterocycles. The summed E-state index contributed by atoms with van der Waals surface area (Å²) in [6, 6.07) is 1.86. The summed E-state index contributed by atoms with van der Waals surface area (Å²) in [7, 11) is 0. The summed E-state index contributed by atoms with van der Waals surface area (Å²) >= 11 is 2.06. The van der Waals surface area contributed by atoms with Crippen molar-refractivity contribution in [3.8, 4) is 0 Å². The van der Waals surface area contributed by atoms with E-state index in [1.54, 1.807) is 12.4 Å². The standard InChI is InChI=1S/C12H17N3OS/c1-2-16-10-6-12(17-7-10)8-15(9-12)11-13-4-3-5-14-11/h3-5,10H,2,6-9H2,1H3/t10-/m1/s1. The molecule has 2 fully saturated rings. The van der Waals surface area contributed by atoms with Crippen molar-refractivity contribution >= 4 is 17.7 Å². The van der Waals surface area contributed by atoms with Gasteiger partial charge in [-0.25, -0.2) is 9.97 Å². The number of hydrogen-bond donors (Lipinski definition) is 0. The van der Waals surface area contributed by atoms with E-state index < -0.39 is 0 Å². The minimum absolute atomic E-state index is 0.402. The quantitative estimate of drug-likeness (QED) is 0.815. The van der Waals surface area contributed by atoms with Crippen molar-refractivity contribution in [1.82, 2.24) is 9.97 Å². The summed E-state index contributed by atoms with van der Waals surface area (Å²) in [5.41, 5.74) is 0. The molecule has 0 N–H and O–H groups in total. The van der Waals surface area contributed by atoms with E-state index in [1.165, 1.54) is 6.42 Å². The Bertz CT molecular complexity index is 381. The van der Waals surface area contributed by atoms with Crippen molar-refractivity contribution in [3.63, 3.8) is 0 Å². The Balaban J connectivity index is 1.58. The topological polar surface area (TPSA) is 38.2 Å². The average Bonchev–Trinajstić information content (AvgIpc) is 2.73. The highest BCUT2D eigenvalue weighted by Gasteiger charge is 2.50. The van der Waals surface area contributed by atoms with E-state index in [4.69, 9.17) is 4.74 Å². The molecule has 0 aliphatic carbocycles. The Morgan fingerprint density at radius 2 is 2.24 bits per heavy atom. The van der Waals surface area contributed by atoms with Crippen LogP contribution in [0.25, 0.3) is 0 Å². The molecule has 0 amide bonds. The Hall–Kier alpha value is -0.810. The zero-order valence-corrected chi connectivity index (χ0v) is 10.8. The van der Waals surface area contributed by atoms with Gasteiger partial charge >= 0.3 is 0 Å². The zero-order chi connectivity index (χ0) is 11.7. The Labute approximate surface area is 106 Å². The normalized spacial score (nSPS) is 26.2. The Morgan fingerprint density at radius 1 is 1.47 bits per heavy atom. The fourth-order valence-corrected chi connectivity index (χ4v) is 4.16. The number of ether oxygens (including phenoxy) is 1. The predicted molar refractivity (Wildman–Crippen MR) is 69.5 cm³/mol. The third-order valence-electron chi connectivity index (χ3n) is 3.37. The molecule has 2 aliphatic rings. The number of aromatic nitrogens is 2. The van der Waals surface area contributed by atoms with Gasteiger partial charge in [-0.1, -0.05) is 0 Å². The third kappa shape index (κ3) is 2.13. The Morgan fingerprint density at radius 3 is 2.94 bits per heavy atom. The maximum Gasteiger partial charge on any atom is 0.225 e. The summed E-state index contributed by atoms with van der Waals surface area (Å²) in [5.74, 6) is 2.00. The molecule has 3 rings (SSSR count). The van der Waals surface area contributed by atoms with Crippen LogP contribution in [0, 0.1) is 0 Å². The molecule has 0 unspecified atom stereocenters. The summed E-state index contributed by atoms with van der Waals surface area (Å²) in [4.78, 5) is 10.8. The lowest BCUT2D eigenvalue weighted by Crippen LogP contribution is -2.59. The van der Waals surface area contributed by atoms with Gasteiger partial charge in [0.15, 0.2) is 0 Å². The van der Waals surface area contributed by atoms with Crippen molar-refractivity contribution in [3.05, 3.63) is 18.5 Å². The summed E-state index contributed by atoms with van der Waals surface area (Å²) in [6.07, 6.45) is 5.23. The fraction of sp³-hybridized carbons (Fsp3) is 0.667. The third-order valence-corrected chi connectivity index (χ3v) is 4.95. The molecule has 0 radical (unpaired) electrons. The molecule has 0 saturated carbocycles. The van der Waals surface area contributed by atoms with Gasteiger partial charge < -0.3 is 9.64 Å². The van der Waals surface area contributed by atoms with Crippen molar-refractivity contribution in [2.24, 2.45) is 0 Å². The molecule has 1 spiro atoms. The fourth-order valence-electron chi connectivity index (χ4n) is 2.61. The molecular weight excluding hydrogens is 234 g/mol. The molecule has 92 valence electrons. The SMILES string of the molecule is CCO[C@H]1CSC2(C1)CN(c1ncccn1)C2.